The number of halogens is 1. The van der Waals surface area contributed by atoms with E-state index < -0.39 is 10.0 Å². The molecule has 134 valence electrons. The molecule has 0 amide bonds. The van der Waals surface area contributed by atoms with Gasteiger partial charge in [0.05, 0.1) is 4.90 Å². The molecule has 0 aliphatic carbocycles. The van der Waals surface area contributed by atoms with E-state index in [1.54, 1.807) is 30.5 Å². The molecule has 1 N–H and O–H groups in total. The first-order valence-electron chi connectivity index (χ1n) is 8.40. The second kappa shape index (κ2) is 8.40. The van der Waals surface area contributed by atoms with Gasteiger partial charge < -0.3 is 0 Å². The Labute approximate surface area is 157 Å². The van der Waals surface area contributed by atoms with Crippen LogP contribution in [0.1, 0.15) is 18.4 Å². The lowest BCUT2D eigenvalue weighted by Gasteiger charge is -2.31. The Balaban J connectivity index is 1.49. The van der Waals surface area contributed by atoms with Gasteiger partial charge in [-0.15, -0.1) is 0 Å². The highest BCUT2D eigenvalue weighted by Crippen LogP contribution is 2.22. The Hall–Kier alpha value is -1.28. The zero-order valence-electron chi connectivity index (χ0n) is 13.9. The van der Waals surface area contributed by atoms with Crippen LogP contribution in [0.25, 0.3) is 0 Å². The molecule has 2 aromatic rings. The summed E-state index contributed by atoms with van der Waals surface area (Å²) in [6, 6.07) is 10.9. The molecule has 2 heterocycles. The van der Waals surface area contributed by atoms with E-state index in [0.717, 1.165) is 32.5 Å². The van der Waals surface area contributed by atoms with Crippen molar-refractivity contribution < 1.29 is 8.42 Å². The van der Waals surface area contributed by atoms with Crippen molar-refractivity contribution in [2.75, 3.05) is 19.6 Å². The van der Waals surface area contributed by atoms with Gasteiger partial charge in [-0.2, -0.15) is 0 Å². The fraction of sp³-hybridized carbons (Fsp3) is 0.389. The van der Waals surface area contributed by atoms with Gasteiger partial charge in [-0.1, -0.05) is 18.2 Å². The van der Waals surface area contributed by atoms with Gasteiger partial charge in [0.25, 0.3) is 0 Å². The van der Waals surface area contributed by atoms with Crippen LogP contribution >= 0.6 is 15.9 Å². The largest absolute Gasteiger partial charge is 0.299 e. The second-order valence-electron chi connectivity index (χ2n) is 6.36. The fourth-order valence-corrected chi connectivity index (χ4v) is 5.18. The molecule has 25 heavy (non-hydrogen) atoms. The van der Waals surface area contributed by atoms with Crippen LogP contribution < -0.4 is 4.72 Å². The highest BCUT2D eigenvalue weighted by molar-refractivity contribution is 9.10. The SMILES string of the molecule is O=S(=O)(NCC1CCN(Cc2cccnc2)CC1)c1ccccc1Br. The van der Waals surface area contributed by atoms with E-state index in [1.807, 2.05) is 12.3 Å². The summed E-state index contributed by atoms with van der Waals surface area (Å²) in [6.07, 6.45) is 5.68. The number of pyridine rings is 1. The van der Waals surface area contributed by atoms with Crippen LogP contribution in [0.15, 0.2) is 58.2 Å². The molecule has 0 spiro atoms. The molecular weight excluding hydrogens is 402 g/mol. The minimum atomic E-state index is -3.47. The maximum atomic E-state index is 12.4. The third kappa shape index (κ3) is 5.10. The quantitative estimate of drug-likeness (QED) is 0.775. The average molecular weight is 424 g/mol. The van der Waals surface area contributed by atoms with Gasteiger partial charge in [0.15, 0.2) is 0 Å². The first-order chi connectivity index (χ1) is 12.0. The molecule has 1 saturated heterocycles. The van der Waals surface area contributed by atoms with Crippen LogP contribution in [0.5, 0.6) is 0 Å². The summed E-state index contributed by atoms with van der Waals surface area (Å²) in [4.78, 5) is 6.84. The summed E-state index contributed by atoms with van der Waals surface area (Å²) < 4.78 is 28.2. The van der Waals surface area contributed by atoms with Gasteiger partial charge in [-0.25, -0.2) is 13.1 Å². The number of rotatable bonds is 6. The van der Waals surface area contributed by atoms with Gasteiger partial charge in [-0.05, 0) is 71.5 Å². The minimum Gasteiger partial charge on any atom is -0.299 e. The van der Waals surface area contributed by atoms with Crippen molar-refractivity contribution in [2.45, 2.75) is 24.3 Å². The zero-order chi connectivity index (χ0) is 17.7. The van der Waals surface area contributed by atoms with E-state index in [4.69, 9.17) is 0 Å². The van der Waals surface area contributed by atoms with Gasteiger partial charge >= 0.3 is 0 Å². The molecule has 3 rings (SSSR count). The van der Waals surface area contributed by atoms with Gasteiger partial charge in [0.2, 0.25) is 10.0 Å². The molecule has 0 unspecified atom stereocenters. The molecular formula is C18H22BrN3O2S. The molecule has 0 atom stereocenters. The molecule has 1 fully saturated rings. The van der Waals surface area contributed by atoms with Crippen molar-refractivity contribution in [3.63, 3.8) is 0 Å². The Morgan fingerprint density at radius 1 is 1.16 bits per heavy atom. The summed E-state index contributed by atoms with van der Waals surface area (Å²) in [5.41, 5.74) is 1.22. The molecule has 1 aliphatic rings. The highest BCUT2D eigenvalue weighted by atomic mass is 79.9. The number of likely N-dealkylation sites (tertiary alicyclic amines) is 1. The number of aromatic nitrogens is 1. The van der Waals surface area contributed by atoms with Crippen LogP contribution in [-0.4, -0.2) is 37.9 Å². The number of nitrogens with zero attached hydrogens (tertiary/aromatic N) is 2. The van der Waals surface area contributed by atoms with Crippen molar-refractivity contribution in [2.24, 2.45) is 5.92 Å². The standard InChI is InChI=1S/C18H22BrN3O2S/c19-17-5-1-2-6-18(17)25(23,24)21-13-15-7-10-22(11-8-15)14-16-4-3-9-20-12-16/h1-6,9,12,15,21H,7-8,10-11,13-14H2. The third-order valence-corrected chi connectivity index (χ3v) is 6.96. The van der Waals surface area contributed by atoms with Crippen LogP contribution in [0, 0.1) is 5.92 Å². The smallest absolute Gasteiger partial charge is 0.241 e. The first-order valence-corrected chi connectivity index (χ1v) is 10.7. The van der Waals surface area contributed by atoms with E-state index in [1.165, 1.54) is 5.56 Å². The van der Waals surface area contributed by atoms with Gasteiger partial charge in [0.1, 0.15) is 0 Å². The summed E-state index contributed by atoms with van der Waals surface area (Å²) in [6.45, 7) is 3.36. The monoisotopic (exact) mass is 423 g/mol. The van der Waals surface area contributed by atoms with E-state index >= 15 is 0 Å². The molecule has 0 saturated carbocycles. The Morgan fingerprint density at radius 2 is 1.92 bits per heavy atom. The lowest BCUT2D eigenvalue weighted by molar-refractivity contribution is 0.178. The number of hydrogen-bond donors (Lipinski definition) is 1. The predicted molar refractivity (Wildman–Crippen MR) is 102 cm³/mol. The molecule has 7 heteroatoms. The van der Waals surface area contributed by atoms with Crippen molar-refractivity contribution in [1.82, 2.24) is 14.6 Å². The number of benzene rings is 1. The fourth-order valence-electron chi connectivity index (χ4n) is 3.07. The van der Waals surface area contributed by atoms with Crippen LogP contribution in [-0.2, 0) is 16.6 Å². The first kappa shape index (κ1) is 18.5. The maximum absolute atomic E-state index is 12.4. The summed E-state index contributed by atoms with van der Waals surface area (Å²) in [5, 5.41) is 0. The highest BCUT2D eigenvalue weighted by Gasteiger charge is 2.23. The average Bonchev–Trinajstić information content (AvgIpc) is 2.62. The maximum Gasteiger partial charge on any atom is 0.241 e. The van der Waals surface area contributed by atoms with Crippen molar-refractivity contribution in [3.05, 3.63) is 58.8 Å². The van der Waals surface area contributed by atoms with Crippen LogP contribution in [0.3, 0.4) is 0 Å². The van der Waals surface area contributed by atoms with Gasteiger partial charge in [-0.3, -0.25) is 9.88 Å². The number of hydrogen-bond acceptors (Lipinski definition) is 4. The Morgan fingerprint density at radius 3 is 2.60 bits per heavy atom. The van der Waals surface area contributed by atoms with E-state index in [2.05, 4.69) is 36.6 Å². The number of sulfonamides is 1. The predicted octanol–water partition coefficient (Wildman–Crippen LogP) is 3.03. The van der Waals surface area contributed by atoms with Crippen molar-refractivity contribution >= 4 is 26.0 Å². The number of piperidine rings is 1. The lowest BCUT2D eigenvalue weighted by Crippen LogP contribution is -2.38. The summed E-state index contributed by atoms with van der Waals surface area (Å²) in [5.74, 6) is 0.377. The summed E-state index contributed by atoms with van der Waals surface area (Å²) in [7, 11) is -3.47. The van der Waals surface area contributed by atoms with E-state index in [-0.39, 0.29) is 0 Å². The summed E-state index contributed by atoms with van der Waals surface area (Å²) >= 11 is 3.31. The molecule has 1 aromatic heterocycles. The van der Waals surface area contributed by atoms with Crippen molar-refractivity contribution in [3.8, 4) is 0 Å². The molecule has 0 bridgehead atoms. The van der Waals surface area contributed by atoms with E-state index in [0.29, 0.717) is 21.8 Å². The van der Waals surface area contributed by atoms with Gasteiger partial charge in [0, 0.05) is 30.0 Å². The third-order valence-electron chi connectivity index (χ3n) is 4.52. The minimum absolute atomic E-state index is 0.295. The molecule has 5 nitrogen and oxygen atoms in total. The van der Waals surface area contributed by atoms with Crippen LogP contribution in [0.2, 0.25) is 0 Å². The topological polar surface area (TPSA) is 62.3 Å². The second-order valence-corrected chi connectivity index (χ2v) is 8.95. The van der Waals surface area contributed by atoms with Crippen LogP contribution in [0.4, 0.5) is 0 Å². The normalized spacial score (nSPS) is 16.8. The lowest BCUT2D eigenvalue weighted by atomic mass is 9.97. The Bertz CT molecular complexity index is 791. The Kier molecular flexibility index (Phi) is 6.22. The van der Waals surface area contributed by atoms with E-state index in [9.17, 15) is 8.42 Å². The molecule has 0 radical (unpaired) electrons. The zero-order valence-corrected chi connectivity index (χ0v) is 16.3. The number of nitrogens with one attached hydrogen (secondary N) is 1. The molecule has 1 aliphatic heterocycles. The van der Waals surface area contributed by atoms with Crippen molar-refractivity contribution in [1.29, 1.82) is 0 Å². The molecule has 1 aromatic carbocycles.